The summed E-state index contributed by atoms with van der Waals surface area (Å²) in [6.45, 7) is 3.96. The largest absolute Gasteiger partial charge is 0.396 e. The van der Waals surface area contributed by atoms with Gasteiger partial charge in [0.2, 0.25) is 0 Å². The second-order valence-electron chi connectivity index (χ2n) is 4.56. The van der Waals surface area contributed by atoms with Crippen LogP contribution in [0.4, 0.5) is 0 Å². The Bertz CT molecular complexity index is 372. The predicted molar refractivity (Wildman–Crippen MR) is 67.7 cm³/mol. The predicted octanol–water partition coefficient (Wildman–Crippen LogP) is 2.80. The van der Waals surface area contributed by atoms with Crippen molar-refractivity contribution in [2.24, 2.45) is 0 Å². The fourth-order valence-electron chi connectivity index (χ4n) is 2.37. The molecule has 1 fully saturated rings. The van der Waals surface area contributed by atoms with Crippen molar-refractivity contribution < 1.29 is 9.84 Å². The number of aliphatic hydroxyl groups excluding tert-OH is 1. The van der Waals surface area contributed by atoms with E-state index in [4.69, 9.17) is 9.84 Å². The molecule has 0 aliphatic carbocycles. The Kier molecular flexibility index (Phi) is 3.67. The van der Waals surface area contributed by atoms with E-state index in [9.17, 15) is 0 Å². The first-order chi connectivity index (χ1) is 7.68. The first-order valence-corrected chi connectivity index (χ1v) is 6.42. The fourth-order valence-corrected chi connectivity index (χ4v) is 2.73. The van der Waals surface area contributed by atoms with Gasteiger partial charge < -0.3 is 9.84 Å². The number of hydrogen-bond acceptors (Lipinski definition) is 2. The van der Waals surface area contributed by atoms with Crippen molar-refractivity contribution in [1.82, 2.24) is 0 Å². The number of halogens is 1. The maximum Gasteiger partial charge on any atom is 0.0585 e. The molecule has 16 heavy (non-hydrogen) atoms. The minimum Gasteiger partial charge on any atom is -0.396 e. The van der Waals surface area contributed by atoms with Gasteiger partial charge in [-0.1, -0.05) is 22.0 Å². The smallest absolute Gasteiger partial charge is 0.0585 e. The van der Waals surface area contributed by atoms with E-state index < -0.39 is 0 Å². The highest BCUT2D eigenvalue weighted by Gasteiger charge is 2.40. The van der Waals surface area contributed by atoms with Crippen molar-refractivity contribution in [2.75, 3.05) is 19.8 Å². The van der Waals surface area contributed by atoms with Gasteiger partial charge in [0, 0.05) is 16.5 Å². The Hall–Kier alpha value is -0.380. The van der Waals surface area contributed by atoms with Crippen LogP contribution in [0.5, 0.6) is 0 Å². The Morgan fingerprint density at radius 2 is 2.19 bits per heavy atom. The lowest BCUT2D eigenvalue weighted by Gasteiger charge is -2.43. The lowest BCUT2D eigenvalue weighted by Crippen LogP contribution is -2.47. The highest BCUT2D eigenvalue weighted by molar-refractivity contribution is 9.10. The number of hydrogen-bond donors (Lipinski definition) is 1. The lowest BCUT2D eigenvalue weighted by atomic mass is 9.73. The number of aliphatic hydroxyl groups is 1. The third kappa shape index (κ3) is 2.17. The van der Waals surface area contributed by atoms with Crippen molar-refractivity contribution in [3.63, 3.8) is 0 Å². The first kappa shape index (κ1) is 12.1. The van der Waals surface area contributed by atoms with E-state index in [-0.39, 0.29) is 12.0 Å². The van der Waals surface area contributed by atoms with E-state index in [1.807, 2.05) is 0 Å². The normalized spacial score (nSPS) is 18.2. The molecule has 1 aliphatic heterocycles. The van der Waals surface area contributed by atoms with Crippen molar-refractivity contribution >= 4 is 15.9 Å². The molecule has 0 radical (unpaired) electrons. The molecule has 2 rings (SSSR count). The summed E-state index contributed by atoms with van der Waals surface area (Å²) in [7, 11) is 0. The molecular weight excluding hydrogens is 268 g/mol. The van der Waals surface area contributed by atoms with E-state index in [1.165, 1.54) is 11.1 Å². The second-order valence-corrected chi connectivity index (χ2v) is 5.48. The molecule has 0 bridgehead atoms. The van der Waals surface area contributed by atoms with Gasteiger partial charge in [0.15, 0.2) is 0 Å². The number of ether oxygens (including phenoxy) is 1. The maximum atomic E-state index is 8.97. The van der Waals surface area contributed by atoms with Crippen LogP contribution in [0.3, 0.4) is 0 Å². The Morgan fingerprint density at radius 3 is 2.75 bits per heavy atom. The third-order valence-corrected chi connectivity index (χ3v) is 3.83. The van der Waals surface area contributed by atoms with Crippen LogP contribution in [0.1, 0.15) is 24.0 Å². The van der Waals surface area contributed by atoms with E-state index in [0.29, 0.717) is 0 Å². The second kappa shape index (κ2) is 4.86. The quantitative estimate of drug-likeness (QED) is 0.921. The highest BCUT2D eigenvalue weighted by atomic mass is 79.9. The summed E-state index contributed by atoms with van der Waals surface area (Å²) in [4.78, 5) is 0. The highest BCUT2D eigenvalue weighted by Crippen LogP contribution is 2.39. The molecule has 88 valence electrons. The fraction of sp³-hybridized carbons (Fsp3) is 0.538. The van der Waals surface area contributed by atoms with E-state index in [2.05, 4.69) is 41.1 Å². The molecular formula is C13H17BrO2. The average molecular weight is 285 g/mol. The van der Waals surface area contributed by atoms with Gasteiger partial charge in [0.25, 0.3) is 0 Å². The number of aryl methyl sites for hydroxylation is 1. The van der Waals surface area contributed by atoms with Gasteiger partial charge in [0.1, 0.15) is 0 Å². The van der Waals surface area contributed by atoms with Gasteiger partial charge >= 0.3 is 0 Å². The van der Waals surface area contributed by atoms with Crippen LogP contribution in [0.25, 0.3) is 0 Å². The van der Waals surface area contributed by atoms with Crippen molar-refractivity contribution in [2.45, 2.75) is 25.2 Å². The van der Waals surface area contributed by atoms with E-state index >= 15 is 0 Å². The molecule has 1 aromatic carbocycles. The molecule has 3 heteroatoms. The third-order valence-electron chi connectivity index (χ3n) is 3.34. The summed E-state index contributed by atoms with van der Waals surface area (Å²) in [5.41, 5.74) is 2.81. The zero-order valence-corrected chi connectivity index (χ0v) is 11.1. The lowest BCUT2D eigenvalue weighted by molar-refractivity contribution is -0.0668. The van der Waals surface area contributed by atoms with Gasteiger partial charge in [0.05, 0.1) is 13.2 Å². The molecule has 2 nitrogen and oxygen atoms in total. The van der Waals surface area contributed by atoms with Crippen LogP contribution < -0.4 is 0 Å². The minimum absolute atomic E-state index is 0.136. The van der Waals surface area contributed by atoms with Gasteiger partial charge in [-0.2, -0.15) is 0 Å². The summed E-state index contributed by atoms with van der Waals surface area (Å²) in [6, 6.07) is 6.39. The monoisotopic (exact) mass is 284 g/mol. The van der Waals surface area contributed by atoms with Crippen LogP contribution in [0.15, 0.2) is 22.7 Å². The molecule has 1 aliphatic rings. The molecule has 0 atom stereocenters. The van der Waals surface area contributed by atoms with Crippen molar-refractivity contribution in [3.8, 4) is 0 Å². The van der Waals surface area contributed by atoms with Gasteiger partial charge in [-0.25, -0.2) is 0 Å². The zero-order valence-electron chi connectivity index (χ0n) is 9.50. The Labute approximate surface area is 105 Å². The van der Waals surface area contributed by atoms with E-state index in [1.54, 1.807) is 0 Å². The minimum atomic E-state index is 0.136. The van der Waals surface area contributed by atoms with Gasteiger partial charge in [-0.05, 0) is 43.0 Å². The van der Waals surface area contributed by atoms with Gasteiger partial charge in [-0.15, -0.1) is 0 Å². The van der Waals surface area contributed by atoms with Gasteiger partial charge in [-0.3, -0.25) is 0 Å². The summed E-state index contributed by atoms with van der Waals surface area (Å²) in [5, 5.41) is 8.97. The Balaban J connectivity index is 2.28. The van der Waals surface area contributed by atoms with Crippen molar-refractivity contribution in [3.05, 3.63) is 33.8 Å². The molecule has 0 amide bonds. The molecule has 1 saturated heterocycles. The number of benzene rings is 1. The Morgan fingerprint density at radius 1 is 1.44 bits per heavy atom. The summed E-state index contributed by atoms with van der Waals surface area (Å²) >= 11 is 3.52. The first-order valence-electron chi connectivity index (χ1n) is 5.63. The zero-order chi connectivity index (χ0) is 11.6. The summed E-state index contributed by atoms with van der Waals surface area (Å²) < 4.78 is 6.50. The van der Waals surface area contributed by atoms with Crippen LogP contribution in [-0.4, -0.2) is 24.9 Å². The van der Waals surface area contributed by atoms with Crippen LogP contribution in [0.2, 0.25) is 0 Å². The topological polar surface area (TPSA) is 29.5 Å². The van der Waals surface area contributed by atoms with E-state index in [0.717, 1.165) is 30.5 Å². The summed E-state index contributed by atoms with van der Waals surface area (Å²) in [5.74, 6) is 0. The van der Waals surface area contributed by atoms with Crippen LogP contribution >= 0.6 is 15.9 Å². The average Bonchev–Trinajstić information content (AvgIpc) is 2.21. The van der Waals surface area contributed by atoms with Crippen LogP contribution in [0, 0.1) is 6.92 Å². The molecule has 1 heterocycles. The standard InChI is InChI=1S/C13H17BrO2/c1-10-3-4-11(14)7-12(10)13(5-2-6-15)8-16-9-13/h3-4,7,15H,2,5-6,8-9H2,1H3. The molecule has 0 saturated carbocycles. The molecule has 1 N–H and O–H groups in total. The molecule has 0 unspecified atom stereocenters. The van der Waals surface area contributed by atoms with Crippen LogP contribution in [-0.2, 0) is 10.2 Å². The molecule has 1 aromatic rings. The molecule has 0 spiro atoms. The maximum absolute atomic E-state index is 8.97. The molecule has 0 aromatic heterocycles. The SMILES string of the molecule is Cc1ccc(Br)cc1C1(CCCO)COC1. The van der Waals surface area contributed by atoms with Crippen molar-refractivity contribution in [1.29, 1.82) is 0 Å². The number of rotatable bonds is 4. The summed E-state index contributed by atoms with van der Waals surface area (Å²) in [6.07, 6.45) is 1.84.